The summed E-state index contributed by atoms with van der Waals surface area (Å²) in [5.41, 5.74) is 6.24. The molecule has 2 aromatic carbocycles. The van der Waals surface area contributed by atoms with E-state index in [4.69, 9.17) is 0 Å². The van der Waals surface area contributed by atoms with Gasteiger partial charge in [-0.05, 0) is 30.4 Å². The monoisotopic (exact) mass is 373 g/mol. The van der Waals surface area contributed by atoms with Crippen LogP contribution in [-0.4, -0.2) is 13.6 Å². The summed E-state index contributed by atoms with van der Waals surface area (Å²) in [4.78, 5) is 2.46. The molecule has 3 heterocycles. The molecule has 0 saturated carbocycles. The van der Waals surface area contributed by atoms with Crippen molar-refractivity contribution in [3.8, 4) is 0 Å². The van der Waals surface area contributed by atoms with Crippen molar-refractivity contribution in [2.45, 2.75) is 70.8 Å². The zero-order valence-electron chi connectivity index (χ0n) is 18.5. The minimum Gasteiger partial charge on any atom is -0.369 e. The number of hydrogen-bond acceptors (Lipinski definition) is 1. The number of pyridine rings is 1. The van der Waals surface area contributed by atoms with Crippen LogP contribution in [0.5, 0.6) is 0 Å². The molecule has 3 aromatic rings. The Morgan fingerprint density at radius 1 is 1.00 bits per heavy atom. The molecule has 5 rings (SSSR count). The first-order valence-electron chi connectivity index (χ1n) is 10.9. The van der Waals surface area contributed by atoms with Crippen LogP contribution in [0.2, 0.25) is 0 Å². The van der Waals surface area contributed by atoms with Crippen molar-refractivity contribution in [1.29, 1.82) is 0 Å². The quantitative estimate of drug-likeness (QED) is 0.406. The molecule has 0 spiro atoms. The molecular formula is C26H33N2+. The number of likely N-dealkylation sites (N-methyl/N-ethyl adjacent to an activating group) is 1. The minimum absolute atomic E-state index is 0.0469. The summed E-state index contributed by atoms with van der Waals surface area (Å²) >= 11 is 0. The van der Waals surface area contributed by atoms with Crippen LogP contribution in [0.4, 0.5) is 5.69 Å². The zero-order chi connectivity index (χ0) is 20.1. The molecule has 146 valence electrons. The molecule has 0 saturated heterocycles. The highest BCUT2D eigenvalue weighted by Gasteiger charge is 2.56. The second kappa shape index (κ2) is 5.28. The highest BCUT2D eigenvalue weighted by molar-refractivity contribution is 6.08. The highest BCUT2D eigenvalue weighted by atomic mass is 15.2. The van der Waals surface area contributed by atoms with Crippen molar-refractivity contribution >= 4 is 27.4 Å². The van der Waals surface area contributed by atoms with E-state index in [0.717, 1.165) is 19.4 Å². The summed E-state index contributed by atoms with van der Waals surface area (Å²) in [5, 5.41) is 4.30. The van der Waals surface area contributed by atoms with E-state index in [1.807, 2.05) is 0 Å². The SMILES string of the molecule is CCC1(C)c2cccc3ccc4c5c(c[n+](c4c23)C1(C)CC)N(C)CC5(C)C. The Labute approximate surface area is 169 Å². The van der Waals surface area contributed by atoms with Crippen LogP contribution in [0.3, 0.4) is 0 Å². The maximum absolute atomic E-state index is 2.66. The molecule has 2 aliphatic rings. The normalized spacial score (nSPS) is 27.8. The van der Waals surface area contributed by atoms with Crippen LogP contribution in [0.15, 0.2) is 36.5 Å². The van der Waals surface area contributed by atoms with Crippen LogP contribution in [0.25, 0.3) is 21.7 Å². The van der Waals surface area contributed by atoms with Crippen molar-refractivity contribution in [3.05, 3.63) is 47.7 Å². The van der Waals surface area contributed by atoms with Crippen molar-refractivity contribution in [3.63, 3.8) is 0 Å². The van der Waals surface area contributed by atoms with Gasteiger partial charge in [0, 0.05) is 37.9 Å². The van der Waals surface area contributed by atoms with Crippen LogP contribution in [0, 0.1) is 0 Å². The Morgan fingerprint density at radius 2 is 1.75 bits per heavy atom. The molecule has 2 heteroatoms. The van der Waals surface area contributed by atoms with Crippen LogP contribution in [0.1, 0.15) is 65.5 Å². The minimum atomic E-state index is 0.0469. The molecule has 0 radical (unpaired) electrons. The van der Waals surface area contributed by atoms with Gasteiger partial charge in [-0.1, -0.05) is 52.0 Å². The summed E-state index contributed by atoms with van der Waals surface area (Å²) in [6, 6.07) is 11.7. The second-order valence-electron chi connectivity index (χ2n) is 10.2. The lowest BCUT2D eigenvalue weighted by Crippen LogP contribution is -2.66. The lowest BCUT2D eigenvalue weighted by atomic mass is 9.61. The third-order valence-corrected chi connectivity index (χ3v) is 8.47. The van der Waals surface area contributed by atoms with Gasteiger partial charge in [0.15, 0.2) is 11.7 Å². The highest BCUT2D eigenvalue weighted by Crippen LogP contribution is 2.52. The average Bonchev–Trinajstić information content (AvgIpc) is 2.92. The molecule has 0 amide bonds. The molecule has 0 N–H and O–H groups in total. The van der Waals surface area contributed by atoms with Gasteiger partial charge in [-0.15, -0.1) is 0 Å². The summed E-state index contributed by atoms with van der Waals surface area (Å²) in [7, 11) is 2.25. The van der Waals surface area contributed by atoms with Crippen molar-refractivity contribution in [2.75, 3.05) is 18.5 Å². The summed E-state index contributed by atoms with van der Waals surface area (Å²) in [6.45, 7) is 15.6. The lowest BCUT2D eigenvalue weighted by molar-refractivity contribution is -0.750. The summed E-state index contributed by atoms with van der Waals surface area (Å²) in [5.74, 6) is 0. The van der Waals surface area contributed by atoms with Gasteiger partial charge in [0.1, 0.15) is 5.69 Å². The van der Waals surface area contributed by atoms with Gasteiger partial charge in [0.25, 0.3) is 0 Å². The van der Waals surface area contributed by atoms with Gasteiger partial charge in [-0.3, -0.25) is 0 Å². The largest absolute Gasteiger partial charge is 0.369 e. The molecule has 28 heavy (non-hydrogen) atoms. The molecular weight excluding hydrogens is 340 g/mol. The van der Waals surface area contributed by atoms with E-state index in [0.29, 0.717) is 0 Å². The molecule has 0 aliphatic carbocycles. The molecule has 2 aliphatic heterocycles. The molecule has 2 atom stereocenters. The summed E-state index contributed by atoms with van der Waals surface area (Å²) < 4.78 is 2.66. The number of rotatable bonds is 2. The average molecular weight is 374 g/mol. The Balaban J connectivity index is 2.09. The topological polar surface area (TPSA) is 7.12 Å². The molecule has 0 fully saturated rings. The number of fused-ring (bicyclic) bond motifs is 2. The van der Waals surface area contributed by atoms with Crippen LogP contribution >= 0.6 is 0 Å². The van der Waals surface area contributed by atoms with E-state index >= 15 is 0 Å². The number of nitrogens with zero attached hydrogens (tertiary/aromatic N) is 2. The van der Waals surface area contributed by atoms with E-state index in [9.17, 15) is 0 Å². The van der Waals surface area contributed by atoms with E-state index in [2.05, 4.69) is 94.6 Å². The lowest BCUT2D eigenvalue weighted by Gasteiger charge is -2.45. The number of aromatic nitrogens is 1. The van der Waals surface area contributed by atoms with Crippen molar-refractivity contribution in [1.82, 2.24) is 0 Å². The van der Waals surface area contributed by atoms with Gasteiger partial charge in [-0.2, -0.15) is 4.57 Å². The van der Waals surface area contributed by atoms with Gasteiger partial charge in [-0.25, -0.2) is 0 Å². The predicted molar refractivity (Wildman–Crippen MR) is 120 cm³/mol. The number of hydrogen-bond donors (Lipinski definition) is 0. The third-order valence-electron chi connectivity index (χ3n) is 8.47. The van der Waals surface area contributed by atoms with Crippen molar-refractivity contribution in [2.24, 2.45) is 0 Å². The number of benzene rings is 2. The maximum atomic E-state index is 2.66. The smallest absolute Gasteiger partial charge is 0.221 e. The van der Waals surface area contributed by atoms with Gasteiger partial charge < -0.3 is 4.90 Å². The van der Waals surface area contributed by atoms with Crippen LogP contribution < -0.4 is 9.47 Å². The van der Waals surface area contributed by atoms with E-state index in [-0.39, 0.29) is 16.4 Å². The molecule has 2 unspecified atom stereocenters. The molecule has 1 aromatic heterocycles. The fourth-order valence-corrected chi connectivity index (χ4v) is 6.50. The van der Waals surface area contributed by atoms with E-state index < -0.39 is 0 Å². The Hall–Kier alpha value is -2.09. The third kappa shape index (κ3) is 1.83. The molecule has 2 nitrogen and oxygen atoms in total. The fraction of sp³-hybridized carbons (Fsp3) is 0.500. The number of anilines is 1. The fourth-order valence-electron chi connectivity index (χ4n) is 6.50. The van der Waals surface area contributed by atoms with Crippen LogP contribution in [-0.2, 0) is 16.4 Å². The first-order valence-corrected chi connectivity index (χ1v) is 10.9. The Bertz CT molecular complexity index is 1140. The molecule has 0 bridgehead atoms. The van der Waals surface area contributed by atoms with Gasteiger partial charge in [0.05, 0.1) is 16.2 Å². The second-order valence-corrected chi connectivity index (χ2v) is 10.2. The Morgan fingerprint density at radius 3 is 2.43 bits per heavy atom. The van der Waals surface area contributed by atoms with E-state index in [1.54, 1.807) is 0 Å². The first kappa shape index (κ1) is 18.0. The predicted octanol–water partition coefficient (Wildman–Crippen LogP) is 5.81. The zero-order valence-corrected chi connectivity index (χ0v) is 18.5. The maximum Gasteiger partial charge on any atom is 0.221 e. The van der Waals surface area contributed by atoms with Crippen molar-refractivity contribution < 1.29 is 4.57 Å². The van der Waals surface area contributed by atoms with Gasteiger partial charge >= 0.3 is 0 Å². The standard InChI is InChI=1S/C26H33N2/c1-8-25(5)19-12-10-11-17-13-14-18-22-20(27(7)16-24(22,3)4)15-28(23(18)21(17)19)26(25,6)9-2/h10-15H,8-9,16H2,1-7H3/q+1. The Kier molecular flexibility index (Phi) is 3.39. The summed E-state index contributed by atoms with van der Waals surface area (Å²) in [6.07, 6.45) is 4.74. The first-order chi connectivity index (χ1) is 13.2. The van der Waals surface area contributed by atoms with E-state index in [1.165, 1.54) is 38.5 Å². The van der Waals surface area contributed by atoms with Gasteiger partial charge in [0.2, 0.25) is 5.52 Å².